The van der Waals surface area contributed by atoms with Gasteiger partial charge in [-0.05, 0) is 18.6 Å². The summed E-state index contributed by atoms with van der Waals surface area (Å²) in [4.78, 5) is 34.9. The van der Waals surface area contributed by atoms with E-state index >= 15 is 0 Å². The number of hydrogen-bond donors (Lipinski definition) is 2. The number of carboxylic acid groups (broad SMARTS) is 1. The Kier molecular flexibility index (Phi) is 4.83. The van der Waals surface area contributed by atoms with Gasteiger partial charge in [0.25, 0.3) is 5.91 Å². The summed E-state index contributed by atoms with van der Waals surface area (Å²) in [7, 11) is 0. The summed E-state index contributed by atoms with van der Waals surface area (Å²) in [5, 5.41) is 18.0. The highest BCUT2D eigenvalue weighted by atomic mass is 16.4. The van der Waals surface area contributed by atoms with Gasteiger partial charge in [0.15, 0.2) is 6.10 Å². The van der Waals surface area contributed by atoms with Gasteiger partial charge >= 0.3 is 5.97 Å². The van der Waals surface area contributed by atoms with E-state index in [1.54, 1.807) is 13.8 Å². The monoisotopic (exact) mass is 281 g/mol. The van der Waals surface area contributed by atoms with E-state index in [1.807, 2.05) is 6.92 Å². The fraction of sp³-hybridized carbons (Fsp3) is 0.500. The third kappa shape index (κ3) is 3.33. The molecule has 0 unspecified atom stereocenters. The third-order valence-corrected chi connectivity index (χ3v) is 3.43. The van der Waals surface area contributed by atoms with Crippen molar-refractivity contribution in [1.29, 1.82) is 0 Å². The van der Waals surface area contributed by atoms with Gasteiger partial charge in [0, 0.05) is 23.7 Å². The normalized spacial score (nSPS) is 13.0. The Hall–Kier alpha value is -1.95. The SMILES string of the molecule is CCC(C)(C)C(=O)C(=O)n1cccc1C[C@H](O)C(=O)O. The minimum absolute atomic E-state index is 0.228. The van der Waals surface area contributed by atoms with Gasteiger partial charge in [-0.25, -0.2) is 4.79 Å². The minimum atomic E-state index is -1.61. The van der Waals surface area contributed by atoms with Crippen molar-refractivity contribution in [3.8, 4) is 0 Å². The highest BCUT2D eigenvalue weighted by Gasteiger charge is 2.33. The van der Waals surface area contributed by atoms with Crippen LogP contribution in [0.1, 0.15) is 37.7 Å². The maximum atomic E-state index is 12.2. The van der Waals surface area contributed by atoms with Crippen LogP contribution >= 0.6 is 0 Å². The van der Waals surface area contributed by atoms with Crippen molar-refractivity contribution in [2.24, 2.45) is 5.41 Å². The second kappa shape index (κ2) is 6.00. The number of aliphatic hydroxyl groups excluding tert-OH is 1. The highest BCUT2D eigenvalue weighted by Crippen LogP contribution is 2.22. The van der Waals surface area contributed by atoms with E-state index in [0.717, 1.165) is 4.57 Å². The molecule has 0 bridgehead atoms. The number of aromatic nitrogens is 1. The number of aliphatic hydroxyl groups is 1. The second-order valence-corrected chi connectivity index (χ2v) is 5.30. The number of carbonyl (C=O) groups is 3. The van der Waals surface area contributed by atoms with Crippen molar-refractivity contribution in [1.82, 2.24) is 4.57 Å². The molecule has 6 heteroatoms. The average Bonchev–Trinajstić information content (AvgIpc) is 2.84. The molecule has 0 saturated heterocycles. The summed E-state index contributed by atoms with van der Waals surface area (Å²) < 4.78 is 1.10. The Bertz CT molecular complexity index is 529. The van der Waals surface area contributed by atoms with Crippen LogP contribution in [0.4, 0.5) is 0 Å². The average molecular weight is 281 g/mol. The largest absolute Gasteiger partial charge is 0.479 e. The van der Waals surface area contributed by atoms with Crippen molar-refractivity contribution in [2.75, 3.05) is 0 Å². The van der Waals surface area contributed by atoms with Gasteiger partial charge in [0.2, 0.25) is 5.78 Å². The Balaban J connectivity index is 2.99. The fourth-order valence-corrected chi connectivity index (χ4v) is 1.63. The number of rotatable bonds is 6. The molecule has 0 aliphatic carbocycles. The molecule has 0 amide bonds. The summed E-state index contributed by atoms with van der Waals surface area (Å²) in [6.45, 7) is 5.18. The number of aliphatic carboxylic acids is 1. The molecule has 1 heterocycles. The molecule has 0 fully saturated rings. The van der Waals surface area contributed by atoms with Crippen LogP contribution < -0.4 is 0 Å². The predicted molar refractivity (Wildman–Crippen MR) is 71.5 cm³/mol. The van der Waals surface area contributed by atoms with Crippen molar-refractivity contribution in [3.05, 3.63) is 24.0 Å². The molecule has 0 spiro atoms. The lowest BCUT2D eigenvalue weighted by atomic mass is 9.85. The Morgan fingerprint density at radius 1 is 1.35 bits per heavy atom. The van der Waals surface area contributed by atoms with E-state index in [1.165, 1.54) is 18.3 Å². The molecule has 1 aromatic rings. The van der Waals surface area contributed by atoms with E-state index in [-0.39, 0.29) is 6.42 Å². The van der Waals surface area contributed by atoms with Crippen molar-refractivity contribution in [3.63, 3.8) is 0 Å². The number of ketones is 1. The van der Waals surface area contributed by atoms with Crippen LogP contribution in [0.3, 0.4) is 0 Å². The van der Waals surface area contributed by atoms with Crippen LogP contribution in [0, 0.1) is 5.41 Å². The zero-order valence-electron chi connectivity index (χ0n) is 11.8. The van der Waals surface area contributed by atoms with Gasteiger partial charge < -0.3 is 10.2 Å². The lowest BCUT2D eigenvalue weighted by Gasteiger charge is -2.20. The molecule has 2 N–H and O–H groups in total. The number of Topliss-reactive ketones (excluding diaryl/α,β-unsaturated/α-hetero) is 1. The number of carboxylic acids is 1. The van der Waals surface area contributed by atoms with Crippen molar-refractivity contribution < 1.29 is 24.6 Å². The molecular formula is C14H19NO5. The maximum absolute atomic E-state index is 12.2. The highest BCUT2D eigenvalue weighted by molar-refractivity contribution is 6.38. The molecule has 20 heavy (non-hydrogen) atoms. The van der Waals surface area contributed by atoms with Crippen LogP contribution in [-0.2, 0) is 16.0 Å². The number of nitrogens with zero attached hydrogens (tertiary/aromatic N) is 1. The summed E-state index contributed by atoms with van der Waals surface area (Å²) in [6.07, 6.45) is 0.0844. The topological polar surface area (TPSA) is 96.6 Å². The lowest BCUT2D eigenvalue weighted by molar-refractivity contribution is -0.146. The molecular weight excluding hydrogens is 262 g/mol. The zero-order chi connectivity index (χ0) is 15.5. The molecule has 1 atom stereocenters. The zero-order valence-corrected chi connectivity index (χ0v) is 11.8. The minimum Gasteiger partial charge on any atom is -0.479 e. The van der Waals surface area contributed by atoms with E-state index in [0.29, 0.717) is 12.1 Å². The van der Waals surface area contributed by atoms with Crippen LogP contribution in [0.5, 0.6) is 0 Å². The van der Waals surface area contributed by atoms with Gasteiger partial charge in [-0.15, -0.1) is 0 Å². The first-order chi connectivity index (χ1) is 9.20. The smallest absolute Gasteiger partial charge is 0.332 e. The molecule has 0 saturated carbocycles. The molecule has 6 nitrogen and oxygen atoms in total. The summed E-state index contributed by atoms with van der Waals surface area (Å²) in [6, 6.07) is 3.05. The van der Waals surface area contributed by atoms with E-state index in [9.17, 15) is 19.5 Å². The van der Waals surface area contributed by atoms with Gasteiger partial charge in [-0.3, -0.25) is 14.2 Å². The van der Waals surface area contributed by atoms with E-state index < -0.39 is 29.2 Å². The van der Waals surface area contributed by atoms with Crippen LogP contribution in [0.25, 0.3) is 0 Å². The van der Waals surface area contributed by atoms with Crippen LogP contribution in [-0.4, -0.2) is 38.5 Å². The Morgan fingerprint density at radius 3 is 2.45 bits per heavy atom. The quantitative estimate of drug-likeness (QED) is 0.762. The standard InChI is InChI=1S/C14H19NO5/c1-4-14(2,3)11(17)12(18)15-7-5-6-9(15)8-10(16)13(19)20/h5-7,10,16H,4,8H2,1-3H3,(H,19,20)/t10-/m0/s1. The van der Waals surface area contributed by atoms with Crippen molar-refractivity contribution in [2.45, 2.75) is 39.7 Å². The van der Waals surface area contributed by atoms with Crippen LogP contribution in [0.2, 0.25) is 0 Å². The summed E-state index contributed by atoms with van der Waals surface area (Å²) in [5.74, 6) is -2.62. The Morgan fingerprint density at radius 2 is 1.95 bits per heavy atom. The van der Waals surface area contributed by atoms with Gasteiger partial charge in [0.05, 0.1) is 0 Å². The molecule has 110 valence electrons. The summed E-state index contributed by atoms with van der Waals surface area (Å²) >= 11 is 0. The fourth-order valence-electron chi connectivity index (χ4n) is 1.63. The first-order valence-corrected chi connectivity index (χ1v) is 6.37. The van der Waals surface area contributed by atoms with E-state index in [2.05, 4.69) is 0 Å². The van der Waals surface area contributed by atoms with Crippen molar-refractivity contribution >= 4 is 17.7 Å². The molecule has 1 rings (SSSR count). The predicted octanol–water partition coefficient (Wildman–Crippen LogP) is 1.12. The maximum Gasteiger partial charge on any atom is 0.332 e. The molecule has 0 radical (unpaired) electrons. The molecule has 0 aliphatic rings. The molecule has 0 aliphatic heterocycles. The lowest BCUT2D eigenvalue weighted by Crippen LogP contribution is -2.35. The number of carbonyl (C=O) groups excluding carboxylic acids is 2. The molecule has 1 aromatic heterocycles. The van der Waals surface area contributed by atoms with Crippen LogP contribution in [0.15, 0.2) is 18.3 Å². The third-order valence-electron chi connectivity index (χ3n) is 3.43. The first-order valence-electron chi connectivity index (χ1n) is 6.37. The summed E-state index contributed by atoms with van der Waals surface area (Å²) in [5.41, 5.74) is -0.477. The van der Waals surface area contributed by atoms with Gasteiger partial charge in [-0.1, -0.05) is 20.8 Å². The van der Waals surface area contributed by atoms with Gasteiger partial charge in [0.1, 0.15) is 0 Å². The Labute approximate surface area is 117 Å². The molecule has 0 aromatic carbocycles. The second-order valence-electron chi connectivity index (χ2n) is 5.30. The number of hydrogen-bond acceptors (Lipinski definition) is 4. The first kappa shape index (κ1) is 16.1. The van der Waals surface area contributed by atoms with E-state index in [4.69, 9.17) is 5.11 Å². The van der Waals surface area contributed by atoms with Gasteiger partial charge in [-0.2, -0.15) is 0 Å².